The van der Waals surface area contributed by atoms with Crippen LogP contribution in [-0.4, -0.2) is 30.6 Å². The molecule has 0 bridgehead atoms. The number of benzene rings is 1. The fourth-order valence-electron chi connectivity index (χ4n) is 1.74. The second-order valence-corrected chi connectivity index (χ2v) is 5.82. The summed E-state index contributed by atoms with van der Waals surface area (Å²) in [5.41, 5.74) is -0.00383. The molecule has 0 aliphatic heterocycles. The molecule has 0 spiro atoms. The predicted molar refractivity (Wildman–Crippen MR) is 78.7 cm³/mol. The van der Waals surface area contributed by atoms with E-state index in [-0.39, 0.29) is 11.9 Å². The molecule has 1 rings (SSSR count). The van der Waals surface area contributed by atoms with Crippen LogP contribution in [0.2, 0.25) is 10.0 Å². The summed E-state index contributed by atoms with van der Waals surface area (Å²) >= 11 is 12.0. The molecule has 5 heteroatoms. The second-order valence-electron chi connectivity index (χ2n) is 4.97. The van der Waals surface area contributed by atoms with Gasteiger partial charge in [-0.15, -0.1) is 0 Å². The van der Waals surface area contributed by atoms with Gasteiger partial charge in [-0.3, -0.25) is 4.79 Å². The van der Waals surface area contributed by atoms with Gasteiger partial charge in [-0.05, 0) is 38.5 Å². The normalized spacial score (nSPS) is 13.2. The minimum Gasteiger partial charge on any atom is -0.369 e. The number of methoxy groups -OCH3 is 1. The predicted octanol–water partition coefficient (Wildman–Crippen LogP) is 3.94. The number of carbonyl (C=O) groups excluding carboxylic acids is 1. The first-order valence-electron chi connectivity index (χ1n) is 5.98. The van der Waals surface area contributed by atoms with E-state index in [2.05, 4.69) is 0 Å². The molecule has 0 aromatic heterocycles. The van der Waals surface area contributed by atoms with Gasteiger partial charge in [0.1, 0.15) is 5.60 Å². The lowest BCUT2D eigenvalue weighted by Crippen LogP contribution is -2.45. The van der Waals surface area contributed by atoms with Gasteiger partial charge >= 0.3 is 0 Å². The van der Waals surface area contributed by atoms with E-state index in [1.165, 1.54) is 7.11 Å². The first kappa shape index (κ1) is 16.3. The first-order valence-corrected chi connectivity index (χ1v) is 6.73. The Kier molecular flexibility index (Phi) is 5.25. The largest absolute Gasteiger partial charge is 0.369 e. The number of hydrogen-bond acceptors (Lipinski definition) is 2. The van der Waals surface area contributed by atoms with Crippen molar-refractivity contribution in [3.05, 3.63) is 33.8 Å². The summed E-state index contributed by atoms with van der Waals surface area (Å²) in [4.78, 5) is 13.9. The summed E-state index contributed by atoms with van der Waals surface area (Å²) in [7, 11) is 3.25. The molecule has 0 fully saturated rings. The van der Waals surface area contributed by atoms with Crippen LogP contribution in [0.4, 0.5) is 0 Å². The van der Waals surface area contributed by atoms with Crippen molar-refractivity contribution in [3.63, 3.8) is 0 Å². The van der Waals surface area contributed by atoms with Crippen molar-refractivity contribution in [1.29, 1.82) is 0 Å². The van der Waals surface area contributed by atoms with Crippen molar-refractivity contribution in [3.8, 4) is 0 Å². The Labute approximate surface area is 124 Å². The van der Waals surface area contributed by atoms with E-state index in [9.17, 15) is 4.79 Å². The van der Waals surface area contributed by atoms with Crippen LogP contribution in [-0.2, 0) is 9.53 Å². The van der Waals surface area contributed by atoms with Gasteiger partial charge in [0, 0.05) is 24.2 Å². The molecule has 1 aromatic carbocycles. The molecule has 19 heavy (non-hydrogen) atoms. The van der Waals surface area contributed by atoms with E-state index < -0.39 is 5.60 Å². The molecule has 0 N–H and O–H groups in total. The van der Waals surface area contributed by atoms with Crippen LogP contribution in [0.5, 0.6) is 0 Å². The number of carbonyl (C=O) groups is 1. The number of hydrogen-bond donors (Lipinski definition) is 0. The molecule has 0 saturated heterocycles. The summed E-state index contributed by atoms with van der Waals surface area (Å²) in [6.07, 6.45) is 0. The van der Waals surface area contributed by atoms with E-state index in [1.807, 2.05) is 13.0 Å². The number of nitrogens with zero attached hydrogens (tertiary/aromatic N) is 1. The van der Waals surface area contributed by atoms with E-state index in [0.717, 1.165) is 5.56 Å². The highest BCUT2D eigenvalue weighted by Crippen LogP contribution is 2.30. The van der Waals surface area contributed by atoms with Crippen molar-refractivity contribution in [1.82, 2.24) is 4.90 Å². The zero-order chi connectivity index (χ0) is 14.8. The molecule has 0 radical (unpaired) electrons. The zero-order valence-corrected chi connectivity index (χ0v) is 13.3. The highest BCUT2D eigenvalue weighted by atomic mass is 35.5. The Morgan fingerprint density at radius 2 is 1.95 bits per heavy atom. The Bertz CT molecular complexity index is 475. The fourth-order valence-corrected chi connectivity index (χ4v) is 2.30. The average Bonchev–Trinajstić information content (AvgIpc) is 2.36. The summed E-state index contributed by atoms with van der Waals surface area (Å²) < 4.78 is 5.21. The number of ether oxygens (including phenoxy) is 1. The van der Waals surface area contributed by atoms with E-state index in [0.29, 0.717) is 10.0 Å². The number of amides is 1. The molecule has 0 saturated carbocycles. The number of likely N-dealkylation sites (N-methyl/N-ethyl adjacent to an activating group) is 1. The van der Waals surface area contributed by atoms with Crippen LogP contribution in [0.1, 0.15) is 32.4 Å². The van der Waals surface area contributed by atoms with Crippen molar-refractivity contribution in [2.75, 3.05) is 14.2 Å². The molecule has 0 aliphatic rings. The van der Waals surface area contributed by atoms with Crippen molar-refractivity contribution in [2.24, 2.45) is 0 Å². The van der Waals surface area contributed by atoms with Gasteiger partial charge in [0.2, 0.25) is 0 Å². The Balaban J connectivity index is 3.00. The third kappa shape index (κ3) is 3.62. The molecule has 0 heterocycles. The smallest absolute Gasteiger partial charge is 0.254 e. The Hall–Kier alpha value is -0.770. The second kappa shape index (κ2) is 6.12. The van der Waals surface area contributed by atoms with Crippen molar-refractivity contribution < 1.29 is 9.53 Å². The standard InChI is InChI=1S/C14H19Cl2NO2/c1-9(11-7-6-10(15)8-12(11)16)17(4)13(18)14(2,3)19-5/h6-9H,1-5H3. The maximum absolute atomic E-state index is 12.3. The van der Waals surface area contributed by atoms with Gasteiger partial charge in [0.15, 0.2) is 0 Å². The Morgan fingerprint density at radius 1 is 1.37 bits per heavy atom. The van der Waals surface area contributed by atoms with Crippen LogP contribution in [0.3, 0.4) is 0 Å². The lowest BCUT2D eigenvalue weighted by atomic mass is 10.0. The first-order chi connectivity index (χ1) is 8.70. The van der Waals surface area contributed by atoms with E-state index in [1.54, 1.807) is 37.9 Å². The van der Waals surface area contributed by atoms with Gasteiger partial charge in [-0.2, -0.15) is 0 Å². The van der Waals surface area contributed by atoms with Gasteiger partial charge in [0.05, 0.1) is 6.04 Å². The maximum atomic E-state index is 12.3. The summed E-state index contributed by atoms with van der Waals surface area (Å²) in [6.45, 7) is 5.39. The number of rotatable bonds is 4. The maximum Gasteiger partial charge on any atom is 0.254 e. The summed E-state index contributed by atoms with van der Waals surface area (Å²) in [5, 5.41) is 1.13. The molecule has 3 nitrogen and oxygen atoms in total. The minimum absolute atomic E-state index is 0.103. The summed E-state index contributed by atoms with van der Waals surface area (Å²) in [6, 6.07) is 5.11. The van der Waals surface area contributed by atoms with Gasteiger partial charge in [0.25, 0.3) is 5.91 Å². The third-order valence-corrected chi connectivity index (χ3v) is 3.90. The Morgan fingerprint density at radius 3 is 2.42 bits per heavy atom. The topological polar surface area (TPSA) is 29.5 Å². The van der Waals surface area contributed by atoms with Gasteiger partial charge in [-0.1, -0.05) is 29.3 Å². The molecular formula is C14H19Cl2NO2. The van der Waals surface area contributed by atoms with Crippen LogP contribution in [0.15, 0.2) is 18.2 Å². The molecule has 106 valence electrons. The summed E-state index contributed by atoms with van der Waals surface area (Å²) in [5.74, 6) is -0.103. The molecule has 1 amide bonds. The van der Waals surface area contributed by atoms with E-state index >= 15 is 0 Å². The van der Waals surface area contributed by atoms with Crippen LogP contribution in [0, 0.1) is 0 Å². The van der Waals surface area contributed by atoms with E-state index in [4.69, 9.17) is 27.9 Å². The van der Waals surface area contributed by atoms with Crippen molar-refractivity contribution >= 4 is 29.1 Å². The molecule has 1 aromatic rings. The molecule has 1 atom stereocenters. The highest BCUT2D eigenvalue weighted by molar-refractivity contribution is 6.35. The van der Waals surface area contributed by atoms with Crippen molar-refractivity contribution in [2.45, 2.75) is 32.4 Å². The average molecular weight is 304 g/mol. The zero-order valence-electron chi connectivity index (χ0n) is 11.8. The lowest BCUT2D eigenvalue weighted by Gasteiger charge is -2.32. The monoisotopic (exact) mass is 303 g/mol. The third-order valence-electron chi connectivity index (χ3n) is 3.34. The number of halogens is 2. The lowest BCUT2D eigenvalue weighted by molar-refractivity contribution is -0.151. The molecular weight excluding hydrogens is 285 g/mol. The van der Waals surface area contributed by atoms with Gasteiger partial charge < -0.3 is 9.64 Å². The highest BCUT2D eigenvalue weighted by Gasteiger charge is 2.32. The van der Waals surface area contributed by atoms with Crippen LogP contribution >= 0.6 is 23.2 Å². The van der Waals surface area contributed by atoms with Gasteiger partial charge in [-0.25, -0.2) is 0 Å². The molecule has 1 unspecified atom stereocenters. The molecule has 0 aliphatic carbocycles. The van der Waals surface area contributed by atoms with Crippen LogP contribution < -0.4 is 0 Å². The minimum atomic E-state index is -0.859. The quantitative estimate of drug-likeness (QED) is 0.843. The van der Waals surface area contributed by atoms with Crippen LogP contribution in [0.25, 0.3) is 0 Å². The SMILES string of the molecule is COC(C)(C)C(=O)N(C)C(C)c1ccc(Cl)cc1Cl. The fraction of sp³-hybridized carbons (Fsp3) is 0.500.